The summed E-state index contributed by atoms with van der Waals surface area (Å²) in [6.45, 7) is 5.83. The van der Waals surface area contributed by atoms with Crippen LogP contribution in [0.4, 0.5) is 0 Å². The molecule has 3 radical (unpaired) electrons. The molecule has 0 aromatic heterocycles. The number of hydrogen-bond donors (Lipinski definition) is 0. The maximum absolute atomic E-state index is 8.89. The monoisotopic (exact) mass is 619 g/mol. The van der Waals surface area contributed by atoms with Crippen LogP contribution in [0.15, 0.2) is 0 Å². The average Bonchev–Trinajstić information content (AvgIpc) is 2.08. The predicted molar refractivity (Wildman–Crippen MR) is 79.7 cm³/mol. The third-order valence-corrected chi connectivity index (χ3v) is 0. The van der Waals surface area contributed by atoms with E-state index < -0.39 is 35.8 Å². The van der Waals surface area contributed by atoms with E-state index in [-0.39, 0.29) is 104 Å². The van der Waals surface area contributed by atoms with Gasteiger partial charge in [0, 0.05) is 35.8 Å². The van der Waals surface area contributed by atoms with E-state index in [0.29, 0.717) is 0 Å². The molecule has 0 amide bonds. The molecule has 0 bridgehead atoms. The van der Waals surface area contributed by atoms with Crippen molar-refractivity contribution in [3.05, 3.63) is 0 Å². The van der Waals surface area contributed by atoms with Gasteiger partial charge in [-0.05, 0) is 41.5 Å². The van der Waals surface area contributed by atoms with Crippen LogP contribution in [0.25, 0.3) is 0 Å². The minimum absolute atomic E-state index is 0. The van der Waals surface area contributed by atoms with Crippen LogP contribution in [0.5, 0.6) is 0 Å². The summed E-state index contributed by atoms with van der Waals surface area (Å²) in [5.74, 6) is -6.50. The van der Waals surface area contributed by atoms with Gasteiger partial charge >= 0.3 is 80.5 Å². The molecule has 0 heterocycles. The van der Waals surface area contributed by atoms with Crippen molar-refractivity contribution >= 4 is 35.8 Å². The number of carbonyl (C=O) groups is 6. The molecular weight excluding hydrogens is 592 g/mol. The Bertz CT molecular complexity index is 289. The van der Waals surface area contributed by atoms with E-state index >= 15 is 0 Å². The second kappa shape index (κ2) is 87.0. The van der Waals surface area contributed by atoms with Crippen LogP contribution in [-0.2, 0) is 79.7 Å². The molecule has 8 N–H and O–H groups in total. The van der Waals surface area contributed by atoms with Crippen LogP contribution < -0.4 is 60.2 Å². The second-order valence-corrected chi connectivity index (χ2v) is 2.95. The molecule has 0 atom stereocenters. The first-order valence-corrected chi connectivity index (χ1v) is 5.45. The minimum Gasteiger partial charge on any atom is -1.00 e. The molecule has 20 heteroatoms. The smallest absolute Gasteiger partial charge is 1.00 e. The van der Waals surface area contributed by atoms with Gasteiger partial charge in [0.1, 0.15) is 0 Å². The van der Waals surface area contributed by atoms with Crippen LogP contribution >= 0.6 is 0 Å². The molecule has 0 fully saturated rings. The van der Waals surface area contributed by atoms with E-state index in [1.165, 1.54) is 0 Å². The van der Waals surface area contributed by atoms with Gasteiger partial charge in [-0.15, -0.1) is 0 Å². The van der Waals surface area contributed by atoms with Crippen LogP contribution in [0.2, 0.25) is 0 Å². The van der Waals surface area contributed by atoms with Crippen LogP contribution in [0, 0.1) is 0 Å². The third kappa shape index (κ3) is 36800. The zero-order valence-electron chi connectivity index (χ0n) is 19.0. The number of aliphatic carboxylic acids is 6. The summed E-state index contributed by atoms with van der Waals surface area (Å²) in [6.07, 6.45) is 0. The van der Waals surface area contributed by atoms with E-state index in [0.717, 1.165) is 41.5 Å². The minimum atomic E-state index is -1.08. The molecular formula is C12H27CoMn2NaO16. The first-order chi connectivity index (χ1) is 10.4. The molecule has 16 nitrogen and oxygen atoms in total. The van der Waals surface area contributed by atoms with Crippen molar-refractivity contribution in [2.45, 2.75) is 41.5 Å². The zero-order valence-corrected chi connectivity index (χ0v) is 23.4. The average molecular weight is 619 g/mol. The normalized spacial score (nSPS) is 4.69. The van der Waals surface area contributed by atoms with Gasteiger partial charge in [0.25, 0.3) is 0 Å². The first kappa shape index (κ1) is 96.2. The molecule has 0 saturated heterocycles. The Morgan fingerprint density at radius 3 is 0.406 bits per heavy atom. The Morgan fingerprint density at radius 2 is 0.406 bits per heavy atom. The molecule has 195 valence electrons. The van der Waals surface area contributed by atoms with Crippen molar-refractivity contribution in [1.29, 1.82) is 0 Å². The second-order valence-electron chi connectivity index (χ2n) is 2.95. The van der Waals surface area contributed by atoms with Gasteiger partial charge in [0.2, 0.25) is 0 Å². The van der Waals surface area contributed by atoms with E-state index in [1.54, 1.807) is 0 Å². The summed E-state index contributed by atoms with van der Waals surface area (Å²) in [4.78, 5) is 53.3. The fourth-order valence-corrected chi connectivity index (χ4v) is 0. The maximum atomic E-state index is 8.89. The number of carboxylic acids is 6. The zero-order chi connectivity index (χ0) is 21.5. The predicted octanol–water partition coefficient (Wildman–Crippen LogP) is -13.7. The Kier molecular flexibility index (Phi) is 262. The summed E-state index contributed by atoms with van der Waals surface area (Å²) in [5.41, 5.74) is 0. The molecule has 0 rings (SSSR count). The first-order valence-electron chi connectivity index (χ1n) is 5.45. The van der Waals surface area contributed by atoms with Crippen LogP contribution in [-0.4, -0.2) is 57.7 Å². The van der Waals surface area contributed by atoms with Gasteiger partial charge < -0.3 is 82.7 Å². The molecule has 0 aliphatic carbocycles. The van der Waals surface area contributed by atoms with Gasteiger partial charge in [0.15, 0.2) is 0 Å². The standard InChI is InChI=1S/6C2H4O2.Co.2Mn.Na.4H2O.H/c6*1-2(3)4;;;;;;;;;/h6*1H3,(H,3,4);;;;;4*1H2;/q;;;;;;3*+2;+1;;;;;-1/p-6. The fourth-order valence-electron chi connectivity index (χ4n) is 0. The Labute approximate surface area is 239 Å². The Balaban J connectivity index is -0.00000000859. The number of carbonyl (C=O) groups excluding carboxylic acids is 6. The molecule has 0 unspecified atom stereocenters. The Morgan fingerprint density at radius 1 is 0.406 bits per heavy atom. The summed E-state index contributed by atoms with van der Waals surface area (Å²) >= 11 is 0. The SMILES string of the molecule is CC(=O)[O-].CC(=O)[O-].CC(=O)[O-].CC(=O)[O-].CC(=O)[O-].CC(=O)[O-].O.O.O.O.[Co+2].[H-].[Mn+2].[Mn+2].[Na+]. The van der Waals surface area contributed by atoms with Crippen molar-refractivity contribution in [2.24, 2.45) is 0 Å². The summed E-state index contributed by atoms with van der Waals surface area (Å²) in [6, 6.07) is 0. The summed E-state index contributed by atoms with van der Waals surface area (Å²) in [7, 11) is 0. The Hall–Kier alpha value is -0.795. The van der Waals surface area contributed by atoms with E-state index in [2.05, 4.69) is 0 Å². The van der Waals surface area contributed by atoms with Gasteiger partial charge in [-0.3, -0.25) is 0 Å². The van der Waals surface area contributed by atoms with Crippen LogP contribution in [0.3, 0.4) is 0 Å². The fraction of sp³-hybridized carbons (Fsp3) is 0.500. The summed E-state index contributed by atoms with van der Waals surface area (Å²) in [5, 5.41) is 53.3. The van der Waals surface area contributed by atoms with Gasteiger partial charge in [-0.25, -0.2) is 0 Å². The van der Waals surface area contributed by atoms with Crippen molar-refractivity contribution in [3.63, 3.8) is 0 Å². The topological polar surface area (TPSA) is 367 Å². The maximum Gasteiger partial charge on any atom is 2.00 e. The molecule has 0 aliphatic heterocycles. The molecule has 0 spiro atoms. The molecule has 0 saturated carbocycles. The summed E-state index contributed by atoms with van der Waals surface area (Å²) < 4.78 is 0. The molecule has 32 heavy (non-hydrogen) atoms. The third-order valence-electron chi connectivity index (χ3n) is 0. The van der Waals surface area contributed by atoms with Crippen molar-refractivity contribution in [1.82, 2.24) is 0 Å². The van der Waals surface area contributed by atoms with E-state index in [9.17, 15) is 0 Å². The van der Waals surface area contributed by atoms with Crippen molar-refractivity contribution in [2.75, 3.05) is 0 Å². The quantitative estimate of drug-likeness (QED) is 0.228. The molecule has 0 aromatic rings. The van der Waals surface area contributed by atoms with Crippen molar-refractivity contribution < 1.29 is 163 Å². The van der Waals surface area contributed by atoms with E-state index in [1.807, 2.05) is 0 Å². The molecule has 0 aromatic carbocycles. The van der Waals surface area contributed by atoms with Gasteiger partial charge in [-0.2, -0.15) is 0 Å². The number of hydrogen-bond acceptors (Lipinski definition) is 12. The van der Waals surface area contributed by atoms with Crippen molar-refractivity contribution in [3.8, 4) is 0 Å². The number of rotatable bonds is 0. The number of carboxylic acid groups (broad SMARTS) is 6. The van der Waals surface area contributed by atoms with Crippen LogP contribution in [0.1, 0.15) is 43.0 Å². The molecule has 0 aliphatic rings. The van der Waals surface area contributed by atoms with E-state index in [4.69, 9.17) is 59.4 Å². The van der Waals surface area contributed by atoms with Gasteiger partial charge in [0.05, 0.1) is 0 Å². The van der Waals surface area contributed by atoms with Gasteiger partial charge in [-0.1, -0.05) is 0 Å². The largest absolute Gasteiger partial charge is 2.00 e.